The van der Waals surface area contributed by atoms with Gasteiger partial charge in [-0.05, 0) is 55.2 Å². The Morgan fingerprint density at radius 1 is 1.11 bits per heavy atom. The summed E-state index contributed by atoms with van der Waals surface area (Å²) < 4.78 is 10.8. The van der Waals surface area contributed by atoms with E-state index in [1.165, 1.54) is 6.92 Å². The fourth-order valence-electron chi connectivity index (χ4n) is 2.43. The minimum absolute atomic E-state index is 0.185. The number of carbonyl (C=O) groups excluding carboxylic acids is 2. The van der Waals surface area contributed by atoms with Crippen molar-refractivity contribution in [3.05, 3.63) is 58.6 Å². The summed E-state index contributed by atoms with van der Waals surface area (Å²) in [5.41, 5.74) is 2.41. The molecule has 2 aromatic carbocycles. The summed E-state index contributed by atoms with van der Waals surface area (Å²) in [6.45, 7) is 7.13. The molecule has 2 rings (SSSR count). The lowest BCUT2D eigenvalue weighted by molar-refractivity contribution is -0.155. The minimum Gasteiger partial charge on any atom is -0.482 e. The van der Waals surface area contributed by atoms with Crippen molar-refractivity contribution < 1.29 is 19.1 Å². The number of hydrogen-bond donors (Lipinski definition) is 1. The molecule has 6 heteroatoms. The van der Waals surface area contributed by atoms with E-state index in [1.807, 2.05) is 32.9 Å². The van der Waals surface area contributed by atoms with Gasteiger partial charge >= 0.3 is 5.97 Å². The Morgan fingerprint density at radius 2 is 1.78 bits per heavy atom. The van der Waals surface area contributed by atoms with Gasteiger partial charge in [0, 0.05) is 10.7 Å². The molecule has 2 aromatic rings. The molecule has 0 unspecified atom stereocenters. The molecule has 0 aliphatic rings. The van der Waals surface area contributed by atoms with Crippen molar-refractivity contribution in [1.82, 2.24) is 0 Å². The highest BCUT2D eigenvalue weighted by Gasteiger charge is 2.19. The second-order valence-corrected chi connectivity index (χ2v) is 6.98. The van der Waals surface area contributed by atoms with Crippen LogP contribution in [0.1, 0.15) is 37.8 Å². The van der Waals surface area contributed by atoms with Crippen LogP contribution >= 0.6 is 11.6 Å². The molecule has 144 valence electrons. The van der Waals surface area contributed by atoms with E-state index in [2.05, 4.69) is 5.32 Å². The zero-order valence-electron chi connectivity index (χ0n) is 15.9. The van der Waals surface area contributed by atoms with Gasteiger partial charge in [-0.3, -0.25) is 4.79 Å². The van der Waals surface area contributed by atoms with Crippen molar-refractivity contribution in [3.63, 3.8) is 0 Å². The van der Waals surface area contributed by atoms with E-state index < -0.39 is 18.0 Å². The molecule has 0 bridgehead atoms. The van der Waals surface area contributed by atoms with Crippen molar-refractivity contribution in [2.45, 2.75) is 39.7 Å². The van der Waals surface area contributed by atoms with Crippen molar-refractivity contribution in [1.29, 1.82) is 0 Å². The average molecular weight is 390 g/mol. The maximum atomic E-state index is 12.1. The molecule has 27 heavy (non-hydrogen) atoms. The first-order valence-corrected chi connectivity index (χ1v) is 9.14. The van der Waals surface area contributed by atoms with Gasteiger partial charge < -0.3 is 14.8 Å². The monoisotopic (exact) mass is 389 g/mol. The molecule has 5 nitrogen and oxygen atoms in total. The zero-order chi connectivity index (χ0) is 20.0. The number of ether oxygens (including phenoxy) is 2. The fraction of sp³-hybridized carbons (Fsp3) is 0.333. The molecule has 0 saturated heterocycles. The Kier molecular flexibility index (Phi) is 7.25. The van der Waals surface area contributed by atoms with Gasteiger partial charge in [0.1, 0.15) is 5.75 Å². The molecule has 0 fully saturated rings. The van der Waals surface area contributed by atoms with Crippen LogP contribution in [0.4, 0.5) is 5.69 Å². The Hall–Kier alpha value is -2.53. The standard InChI is InChI=1S/C21H24ClNO4/c1-13(2)17-11-18(22)14(3)10-19(17)26-12-20(24)27-15(4)21(25)23-16-8-6-5-7-9-16/h5-11,13,15H,12H2,1-4H3,(H,23,25)/t15-/m0/s1. The van der Waals surface area contributed by atoms with Crippen LogP contribution in [0.5, 0.6) is 5.75 Å². The summed E-state index contributed by atoms with van der Waals surface area (Å²) >= 11 is 6.17. The van der Waals surface area contributed by atoms with Crippen LogP contribution in [-0.2, 0) is 14.3 Å². The highest BCUT2D eigenvalue weighted by atomic mass is 35.5. The third-order valence-electron chi connectivity index (χ3n) is 3.98. The second-order valence-electron chi connectivity index (χ2n) is 6.57. The topological polar surface area (TPSA) is 64.6 Å². The number of para-hydroxylation sites is 1. The van der Waals surface area contributed by atoms with Crippen molar-refractivity contribution in [3.8, 4) is 5.75 Å². The van der Waals surface area contributed by atoms with Crippen LogP contribution in [-0.4, -0.2) is 24.6 Å². The maximum Gasteiger partial charge on any atom is 0.344 e. The normalized spacial score (nSPS) is 11.8. The van der Waals surface area contributed by atoms with Crippen LogP contribution in [0.3, 0.4) is 0 Å². The molecule has 1 atom stereocenters. The Balaban J connectivity index is 1.92. The predicted octanol–water partition coefficient (Wildman–Crippen LogP) is 4.72. The highest BCUT2D eigenvalue weighted by molar-refractivity contribution is 6.31. The highest BCUT2D eigenvalue weighted by Crippen LogP contribution is 2.32. The first-order chi connectivity index (χ1) is 12.8. The van der Waals surface area contributed by atoms with E-state index in [4.69, 9.17) is 21.1 Å². The minimum atomic E-state index is -0.933. The van der Waals surface area contributed by atoms with Gasteiger partial charge in [-0.1, -0.05) is 43.6 Å². The van der Waals surface area contributed by atoms with Gasteiger partial charge in [0.05, 0.1) is 0 Å². The molecule has 1 N–H and O–H groups in total. The van der Waals surface area contributed by atoms with Crippen LogP contribution in [0.25, 0.3) is 0 Å². The van der Waals surface area contributed by atoms with Crippen LogP contribution < -0.4 is 10.1 Å². The van der Waals surface area contributed by atoms with Gasteiger partial charge in [-0.25, -0.2) is 4.79 Å². The van der Waals surface area contributed by atoms with Gasteiger partial charge in [0.15, 0.2) is 12.7 Å². The van der Waals surface area contributed by atoms with E-state index in [1.54, 1.807) is 30.3 Å². The van der Waals surface area contributed by atoms with E-state index in [0.717, 1.165) is 11.1 Å². The van der Waals surface area contributed by atoms with Crippen LogP contribution in [0.2, 0.25) is 5.02 Å². The van der Waals surface area contributed by atoms with Crippen LogP contribution in [0.15, 0.2) is 42.5 Å². The number of aryl methyl sites for hydroxylation is 1. The van der Waals surface area contributed by atoms with Crippen molar-refractivity contribution in [2.75, 3.05) is 11.9 Å². The first kappa shape index (κ1) is 20.8. The van der Waals surface area contributed by atoms with E-state index in [9.17, 15) is 9.59 Å². The molecule has 0 aliphatic heterocycles. The number of benzene rings is 2. The lowest BCUT2D eigenvalue weighted by Crippen LogP contribution is -2.31. The molecule has 0 aromatic heterocycles. The number of hydrogen-bond acceptors (Lipinski definition) is 4. The number of anilines is 1. The third kappa shape index (κ3) is 6.00. The maximum absolute atomic E-state index is 12.1. The molecular weight excluding hydrogens is 366 g/mol. The smallest absolute Gasteiger partial charge is 0.344 e. The molecule has 0 aliphatic carbocycles. The van der Waals surface area contributed by atoms with E-state index in [-0.39, 0.29) is 12.5 Å². The Labute approximate surface area is 164 Å². The predicted molar refractivity (Wildman–Crippen MR) is 106 cm³/mol. The fourth-order valence-corrected chi connectivity index (χ4v) is 2.61. The second kappa shape index (κ2) is 9.42. The largest absolute Gasteiger partial charge is 0.482 e. The van der Waals surface area contributed by atoms with E-state index >= 15 is 0 Å². The summed E-state index contributed by atoms with van der Waals surface area (Å²) in [5.74, 6) is -0.247. The van der Waals surface area contributed by atoms with Gasteiger partial charge in [-0.15, -0.1) is 0 Å². The number of carbonyl (C=O) groups is 2. The van der Waals surface area contributed by atoms with Gasteiger partial charge in [0.25, 0.3) is 5.91 Å². The lowest BCUT2D eigenvalue weighted by atomic mass is 10.0. The summed E-state index contributed by atoms with van der Waals surface area (Å²) in [6.07, 6.45) is -0.933. The molecule has 1 amide bonds. The first-order valence-electron chi connectivity index (χ1n) is 8.76. The number of nitrogens with one attached hydrogen (secondary N) is 1. The molecule has 0 heterocycles. The number of halogens is 1. The Morgan fingerprint density at radius 3 is 2.41 bits per heavy atom. The number of rotatable bonds is 7. The van der Waals surface area contributed by atoms with Crippen LogP contribution in [0, 0.1) is 6.92 Å². The number of esters is 1. The molecule has 0 spiro atoms. The number of amides is 1. The molecular formula is C21H24ClNO4. The average Bonchev–Trinajstić information content (AvgIpc) is 2.62. The SMILES string of the molecule is Cc1cc(OCC(=O)O[C@@H](C)C(=O)Nc2ccccc2)c(C(C)C)cc1Cl. The summed E-state index contributed by atoms with van der Waals surface area (Å²) in [4.78, 5) is 24.2. The molecule has 0 saturated carbocycles. The quantitative estimate of drug-likeness (QED) is 0.696. The van der Waals surface area contributed by atoms with Gasteiger partial charge in [0.2, 0.25) is 0 Å². The Bertz CT molecular complexity index is 805. The summed E-state index contributed by atoms with van der Waals surface area (Å²) in [7, 11) is 0. The summed E-state index contributed by atoms with van der Waals surface area (Å²) in [5, 5.41) is 3.34. The third-order valence-corrected chi connectivity index (χ3v) is 4.38. The molecule has 0 radical (unpaired) electrons. The summed E-state index contributed by atoms with van der Waals surface area (Å²) in [6, 6.07) is 12.6. The van der Waals surface area contributed by atoms with Crippen molar-refractivity contribution >= 4 is 29.2 Å². The van der Waals surface area contributed by atoms with E-state index in [0.29, 0.717) is 16.5 Å². The van der Waals surface area contributed by atoms with Crippen molar-refractivity contribution in [2.24, 2.45) is 0 Å². The zero-order valence-corrected chi connectivity index (χ0v) is 16.7. The van der Waals surface area contributed by atoms with Gasteiger partial charge in [-0.2, -0.15) is 0 Å². The lowest BCUT2D eigenvalue weighted by Gasteiger charge is -2.17.